The van der Waals surface area contributed by atoms with E-state index in [4.69, 9.17) is 20.8 Å². The fourth-order valence-corrected chi connectivity index (χ4v) is 3.34. The molecule has 0 saturated carbocycles. The number of ether oxygens (including phenoxy) is 1. The number of nitrogens with zero attached hydrogens (tertiary/aromatic N) is 2. The molecule has 0 unspecified atom stereocenters. The van der Waals surface area contributed by atoms with Crippen molar-refractivity contribution < 1.29 is 18.7 Å². The van der Waals surface area contributed by atoms with Crippen LogP contribution in [-0.2, 0) is 9.59 Å². The number of furan rings is 1. The quantitative estimate of drug-likeness (QED) is 0.575. The Balaban J connectivity index is 1.52. The average Bonchev–Trinajstić information content (AvgIpc) is 3.43. The number of carbonyl (C=O) groups excluding carboxylic acids is 2. The zero-order valence-corrected chi connectivity index (χ0v) is 16.6. The highest BCUT2D eigenvalue weighted by molar-refractivity contribution is 6.30. The van der Waals surface area contributed by atoms with Crippen LogP contribution in [0.3, 0.4) is 0 Å². The largest absolute Gasteiger partial charge is 0.484 e. The van der Waals surface area contributed by atoms with Gasteiger partial charge in [0.05, 0.1) is 12.0 Å². The molecule has 7 nitrogen and oxygen atoms in total. The van der Waals surface area contributed by atoms with Crippen molar-refractivity contribution in [2.75, 3.05) is 11.9 Å². The number of hydrogen-bond acceptors (Lipinski definition) is 5. The van der Waals surface area contributed by atoms with Crippen LogP contribution >= 0.6 is 11.6 Å². The number of halogens is 1. The molecule has 30 heavy (non-hydrogen) atoms. The molecule has 1 aliphatic heterocycles. The molecular weight excluding hydrogens is 406 g/mol. The van der Waals surface area contributed by atoms with Gasteiger partial charge in [-0.05, 0) is 42.0 Å². The highest BCUT2D eigenvalue weighted by atomic mass is 35.5. The number of hydrogen-bond donors (Lipinski definition) is 1. The molecule has 0 aliphatic carbocycles. The predicted octanol–water partition coefficient (Wildman–Crippen LogP) is 4.26. The summed E-state index contributed by atoms with van der Waals surface area (Å²) in [5, 5.41) is 9.12. The molecule has 1 aliphatic rings. The third kappa shape index (κ3) is 4.36. The molecule has 4 rings (SSSR count). The van der Waals surface area contributed by atoms with Gasteiger partial charge in [0.25, 0.3) is 5.91 Å². The predicted molar refractivity (Wildman–Crippen MR) is 113 cm³/mol. The number of nitrogens with one attached hydrogen (secondary N) is 1. The first kappa shape index (κ1) is 19.7. The van der Waals surface area contributed by atoms with Crippen molar-refractivity contribution in [2.24, 2.45) is 5.10 Å². The van der Waals surface area contributed by atoms with Gasteiger partial charge in [0.1, 0.15) is 17.6 Å². The first-order valence-electron chi connectivity index (χ1n) is 9.26. The number of carbonyl (C=O) groups is 2. The maximum absolute atomic E-state index is 12.9. The summed E-state index contributed by atoms with van der Waals surface area (Å²) in [6, 6.07) is 17.4. The second-order valence-corrected chi connectivity index (χ2v) is 7.04. The van der Waals surface area contributed by atoms with Crippen molar-refractivity contribution in [3.05, 3.63) is 83.3 Å². The number of benzene rings is 2. The summed E-state index contributed by atoms with van der Waals surface area (Å²) in [5.74, 6) is 0.799. The minimum absolute atomic E-state index is 0.209. The number of hydrazone groups is 1. The van der Waals surface area contributed by atoms with Crippen LogP contribution in [-0.4, -0.2) is 29.6 Å². The van der Waals surface area contributed by atoms with Crippen molar-refractivity contribution in [1.82, 2.24) is 5.01 Å². The molecule has 1 atom stereocenters. The van der Waals surface area contributed by atoms with Crippen LogP contribution in [0, 0.1) is 0 Å². The van der Waals surface area contributed by atoms with Gasteiger partial charge >= 0.3 is 0 Å². The molecule has 0 saturated heterocycles. The first-order valence-corrected chi connectivity index (χ1v) is 9.64. The highest BCUT2D eigenvalue weighted by Crippen LogP contribution is 2.33. The van der Waals surface area contributed by atoms with E-state index in [-0.39, 0.29) is 18.6 Å². The molecule has 152 valence electrons. The van der Waals surface area contributed by atoms with E-state index < -0.39 is 0 Å². The van der Waals surface area contributed by atoms with E-state index in [0.29, 0.717) is 35.1 Å². The smallest absolute Gasteiger partial charge is 0.281 e. The summed E-state index contributed by atoms with van der Waals surface area (Å²) in [5.41, 5.74) is 2.23. The summed E-state index contributed by atoms with van der Waals surface area (Å²) < 4.78 is 11.2. The van der Waals surface area contributed by atoms with Gasteiger partial charge in [0, 0.05) is 23.2 Å². The molecule has 2 amide bonds. The normalized spacial score (nSPS) is 15.6. The maximum Gasteiger partial charge on any atom is 0.281 e. The topological polar surface area (TPSA) is 84.1 Å². The summed E-state index contributed by atoms with van der Waals surface area (Å²) in [6.07, 6.45) is 2.66. The van der Waals surface area contributed by atoms with E-state index in [1.54, 1.807) is 48.7 Å². The zero-order valence-electron chi connectivity index (χ0n) is 15.8. The minimum atomic E-state index is -0.357. The Kier molecular flexibility index (Phi) is 5.81. The molecule has 0 fully saturated rings. The van der Waals surface area contributed by atoms with E-state index in [1.165, 1.54) is 5.01 Å². The molecule has 2 aromatic carbocycles. The molecular formula is C22H18ClN3O4. The fraction of sp³-hybridized carbons (Fsp3) is 0.136. The van der Waals surface area contributed by atoms with Crippen LogP contribution in [0.15, 0.2) is 76.4 Å². The van der Waals surface area contributed by atoms with Gasteiger partial charge in [-0.1, -0.05) is 29.8 Å². The molecule has 0 bridgehead atoms. The van der Waals surface area contributed by atoms with Gasteiger partial charge in [-0.2, -0.15) is 5.10 Å². The molecule has 8 heteroatoms. The zero-order chi connectivity index (χ0) is 20.9. The first-order chi connectivity index (χ1) is 14.6. The maximum atomic E-state index is 12.9. The minimum Gasteiger partial charge on any atom is -0.484 e. The Morgan fingerprint density at radius 3 is 2.80 bits per heavy atom. The van der Waals surface area contributed by atoms with Gasteiger partial charge in [-0.25, -0.2) is 5.01 Å². The lowest BCUT2D eigenvalue weighted by atomic mass is 10.0. The van der Waals surface area contributed by atoms with Crippen LogP contribution in [0.25, 0.3) is 0 Å². The molecule has 1 aromatic heterocycles. The van der Waals surface area contributed by atoms with Crippen LogP contribution in [0.2, 0.25) is 5.02 Å². The standard InChI is InChI=1S/C22H18ClN3O4/c23-16-8-6-15(7-9-16)19-12-20(21-5-2-10-29-21)26(25-19)22(28)13-30-18-4-1-3-17(11-18)24-14-27/h1-11,14,20H,12-13H2,(H,24,27)/t20-/m0/s1. The summed E-state index contributed by atoms with van der Waals surface area (Å²) >= 11 is 5.98. The molecule has 0 spiro atoms. The van der Waals surface area contributed by atoms with Crippen molar-refractivity contribution in [2.45, 2.75) is 12.5 Å². The van der Waals surface area contributed by atoms with Gasteiger partial charge in [-0.3, -0.25) is 9.59 Å². The average molecular weight is 424 g/mol. The second kappa shape index (κ2) is 8.84. The summed E-state index contributed by atoms with van der Waals surface area (Å²) in [4.78, 5) is 23.5. The Morgan fingerprint density at radius 2 is 2.07 bits per heavy atom. The highest BCUT2D eigenvalue weighted by Gasteiger charge is 2.35. The van der Waals surface area contributed by atoms with Crippen molar-refractivity contribution in [3.63, 3.8) is 0 Å². The Labute approximate surface area is 177 Å². The van der Waals surface area contributed by atoms with Gasteiger partial charge in [0.2, 0.25) is 6.41 Å². The van der Waals surface area contributed by atoms with E-state index in [0.717, 1.165) is 11.3 Å². The number of rotatable bonds is 7. The molecule has 2 heterocycles. The Hall–Kier alpha value is -3.58. The molecule has 3 aromatic rings. The van der Waals surface area contributed by atoms with Gasteiger partial charge < -0.3 is 14.5 Å². The number of anilines is 1. The van der Waals surface area contributed by atoms with E-state index in [9.17, 15) is 9.59 Å². The third-order valence-electron chi connectivity index (χ3n) is 4.64. The lowest BCUT2D eigenvalue weighted by Crippen LogP contribution is -2.31. The summed E-state index contributed by atoms with van der Waals surface area (Å²) in [7, 11) is 0. The van der Waals surface area contributed by atoms with E-state index in [2.05, 4.69) is 10.4 Å². The molecule has 0 radical (unpaired) electrons. The third-order valence-corrected chi connectivity index (χ3v) is 4.89. The molecule has 1 N–H and O–H groups in total. The van der Waals surface area contributed by atoms with Crippen LogP contribution in [0.1, 0.15) is 23.8 Å². The van der Waals surface area contributed by atoms with Gasteiger partial charge in [0.15, 0.2) is 6.61 Å². The van der Waals surface area contributed by atoms with E-state index >= 15 is 0 Å². The van der Waals surface area contributed by atoms with Crippen LogP contribution < -0.4 is 10.1 Å². The van der Waals surface area contributed by atoms with Crippen LogP contribution in [0.5, 0.6) is 5.75 Å². The van der Waals surface area contributed by atoms with Crippen molar-refractivity contribution >= 4 is 35.3 Å². The van der Waals surface area contributed by atoms with E-state index in [1.807, 2.05) is 18.2 Å². The summed E-state index contributed by atoms with van der Waals surface area (Å²) in [6.45, 7) is -0.209. The SMILES string of the molecule is O=CNc1cccc(OCC(=O)N2N=C(c3ccc(Cl)cc3)C[C@H]2c2ccco2)c1. The fourth-order valence-electron chi connectivity index (χ4n) is 3.21. The monoisotopic (exact) mass is 423 g/mol. The second-order valence-electron chi connectivity index (χ2n) is 6.61. The van der Waals surface area contributed by atoms with Crippen molar-refractivity contribution in [3.8, 4) is 5.75 Å². The Morgan fingerprint density at radius 1 is 1.23 bits per heavy atom. The van der Waals surface area contributed by atoms with Crippen molar-refractivity contribution in [1.29, 1.82) is 0 Å². The Bertz CT molecular complexity index is 1060. The number of amides is 2. The lowest BCUT2D eigenvalue weighted by molar-refractivity contribution is -0.135. The lowest BCUT2D eigenvalue weighted by Gasteiger charge is -2.20. The van der Waals surface area contributed by atoms with Gasteiger partial charge in [-0.15, -0.1) is 0 Å². The van der Waals surface area contributed by atoms with Crippen LogP contribution in [0.4, 0.5) is 5.69 Å².